The van der Waals surface area contributed by atoms with Crippen molar-refractivity contribution in [2.75, 3.05) is 5.75 Å². The predicted octanol–water partition coefficient (Wildman–Crippen LogP) is 0.332. The topological polar surface area (TPSA) is 57.2 Å². The van der Waals surface area contributed by atoms with Crippen LogP contribution in [0.4, 0.5) is 0 Å². The molecule has 3 nitrogen and oxygen atoms in total. The third-order valence-electron chi connectivity index (χ3n) is 0.748. The van der Waals surface area contributed by atoms with Gasteiger partial charge in [0.05, 0.1) is 10.1 Å². The Morgan fingerprint density at radius 3 is 2.12 bits per heavy atom. The van der Waals surface area contributed by atoms with E-state index < -0.39 is 10.1 Å². The first-order valence-electron chi connectivity index (χ1n) is 2.50. The van der Waals surface area contributed by atoms with Crippen molar-refractivity contribution in [2.45, 2.75) is 19.8 Å². The molecule has 0 heterocycles. The van der Waals surface area contributed by atoms with Crippen molar-refractivity contribution in [3.63, 3.8) is 0 Å². The highest BCUT2D eigenvalue weighted by Crippen LogP contribution is 1.90. The lowest BCUT2D eigenvalue weighted by molar-refractivity contribution is 0.461. The minimum absolute atomic E-state index is 0.219. The highest BCUT2D eigenvalue weighted by molar-refractivity contribution is 7.85. The van der Waals surface area contributed by atoms with E-state index in [9.17, 15) is 13.0 Å². The van der Waals surface area contributed by atoms with Gasteiger partial charge in [0.2, 0.25) is 0 Å². The van der Waals surface area contributed by atoms with Crippen LogP contribution in [-0.2, 0) is 10.1 Å². The molecule has 50 valence electrons. The van der Waals surface area contributed by atoms with Gasteiger partial charge in [-0.25, -0.2) is 8.42 Å². The van der Waals surface area contributed by atoms with E-state index in [0.29, 0.717) is 6.42 Å². The molecule has 0 aliphatic rings. The summed E-state index contributed by atoms with van der Waals surface area (Å²) in [5.74, 6) is -0.219. The molecule has 0 aromatic heterocycles. The molecular weight excluding hydrogens is 128 g/mol. The van der Waals surface area contributed by atoms with Crippen LogP contribution in [0.5, 0.6) is 0 Å². The van der Waals surface area contributed by atoms with Crippen LogP contribution in [0.15, 0.2) is 0 Å². The quantitative estimate of drug-likeness (QED) is 0.527. The van der Waals surface area contributed by atoms with Crippen LogP contribution in [0.25, 0.3) is 0 Å². The van der Waals surface area contributed by atoms with E-state index in [1.165, 1.54) is 0 Å². The van der Waals surface area contributed by atoms with Gasteiger partial charge in [0.1, 0.15) is 0 Å². The minimum Gasteiger partial charge on any atom is -0.748 e. The van der Waals surface area contributed by atoms with Gasteiger partial charge < -0.3 is 4.55 Å². The fourth-order valence-corrected chi connectivity index (χ4v) is 0.963. The number of rotatable bonds is 3. The SMILES string of the molecule is CCCCS(=O)(=O)[O-]. The van der Waals surface area contributed by atoms with Crippen LogP contribution in [0.3, 0.4) is 0 Å². The van der Waals surface area contributed by atoms with E-state index in [0.717, 1.165) is 6.42 Å². The maximum absolute atomic E-state index is 9.83. The van der Waals surface area contributed by atoms with Gasteiger partial charge in [-0.15, -0.1) is 0 Å². The molecule has 4 heteroatoms. The first-order chi connectivity index (χ1) is 3.56. The lowest BCUT2D eigenvalue weighted by Crippen LogP contribution is -2.02. The molecule has 0 aliphatic carbocycles. The molecular formula is C4H9O3S-. The Morgan fingerprint density at radius 1 is 1.50 bits per heavy atom. The lowest BCUT2D eigenvalue weighted by atomic mass is 10.4. The lowest BCUT2D eigenvalue weighted by Gasteiger charge is -2.02. The second kappa shape index (κ2) is 3.04. The molecule has 0 saturated carbocycles. The van der Waals surface area contributed by atoms with Gasteiger partial charge in [0, 0.05) is 5.75 Å². The van der Waals surface area contributed by atoms with E-state index in [4.69, 9.17) is 0 Å². The molecule has 0 atom stereocenters. The van der Waals surface area contributed by atoms with Crippen LogP contribution in [0.1, 0.15) is 19.8 Å². The van der Waals surface area contributed by atoms with Gasteiger partial charge in [0.15, 0.2) is 0 Å². The van der Waals surface area contributed by atoms with Gasteiger partial charge in [-0.05, 0) is 6.42 Å². The molecule has 0 rings (SSSR count). The van der Waals surface area contributed by atoms with Crippen LogP contribution >= 0.6 is 0 Å². The summed E-state index contributed by atoms with van der Waals surface area (Å²) >= 11 is 0. The van der Waals surface area contributed by atoms with Crippen LogP contribution in [0, 0.1) is 0 Å². The number of hydrogen-bond acceptors (Lipinski definition) is 3. The van der Waals surface area contributed by atoms with Crippen molar-refractivity contribution < 1.29 is 13.0 Å². The molecule has 0 amide bonds. The molecule has 0 saturated heterocycles. The average molecular weight is 137 g/mol. The molecule has 0 unspecified atom stereocenters. The zero-order chi connectivity index (χ0) is 6.62. The summed E-state index contributed by atoms with van der Waals surface area (Å²) in [7, 11) is -3.94. The van der Waals surface area contributed by atoms with Crippen molar-refractivity contribution in [3.8, 4) is 0 Å². The Labute approximate surface area is 49.5 Å². The Kier molecular flexibility index (Phi) is 3.01. The molecule has 0 aliphatic heterocycles. The fourth-order valence-electron chi connectivity index (χ4n) is 0.321. The van der Waals surface area contributed by atoms with Gasteiger partial charge in [-0.3, -0.25) is 0 Å². The summed E-state index contributed by atoms with van der Waals surface area (Å²) < 4.78 is 29.5. The molecule has 0 fully saturated rings. The molecule has 0 aromatic carbocycles. The van der Waals surface area contributed by atoms with Crippen molar-refractivity contribution in [1.82, 2.24) is 0 Å². The summed E-state index contributed by atoms with van der Waals surface area (Å²) in [5, 5.41) is 0. The summed E-state index contributed by atoms with van der Waals surface area (Å²) in [6.45, 7) is 1.84. The van der Waals surface area contributed by atoms with Gasteiger partial charge >= 0.3 is 0 Å². The fraction of sp³-hybridized carbons (Fsp3) is 1.00. The average Bonchev–Trinajstić information content (AvgIpc) is 1.59. The molecule has 0 N–H and O–H groups in total. The Bertz CT molecular complexity index is 135. The smallest absolute Gasteiger partial charge is 0.0945 e. The molecule has 0 bridgehead atoms. The van der Waals surface area contributed by atoms with E-state index in [1.54, 1.807) is 0 Å². The van der Waals surface area contributed by atoms with Crippen molar-refractivity contribution in [2.24, 2.45) is 0 Å². The third-order valence-corrected chi connectivity index (χ3v) is 1.54. The van der Waals surface area contributed by atoms with Crippen molar-refractivity contribution in [1.29, 1.82) is 0 Å². The van der Waals surface area contributed by atoms with E-state index >= 15 is 0 Å². The summed E-state index contributed by atoms with van der Waals surface area (Å²) in [6.07, 6.45) is 1.23. The van der Waals surface area contributed by atoms with Gasteiger partial charge in [0.25, 0.3) is 0 Å². The largest absolute Gasteiger partial charge is 0.748 e. The Hall–Kier alpha value is -0.0900. The molecule has 0 radical (unpaired) electrons. The van der Waals surface area contributed by atoms with Gasteiger partial charge in [-0.1, -0.05) is 13.3 Å². The maximum atomic E-state index is 9.83. The zero-order valence-electron chi connectivity index (χ0n) is 4.75. The molecule has 8 heavy (non-hydrogen) atoms. The van der Waals surface area contributed by atoms with Crippen LogP contribution < -0.4 is 0 Å². The number of unbranched alkanes of at least 4 members (excludes halogenated alkanes) is 1. The predicted molar refractivity (Wildman–Crippen MR) is 29.5 cm³/mol. The first kappa shape index (κ1) is 7.91. The van der Waals surface area contributed by atoms with Crippen LogP contribution in [0.2, 0.25) is 0 Å². The second-order valence-corrected chi connectivity index (χ2v) is 3.14. The summed E-state index contributed by atoms with van der Waals surface area (Å²) in [5.41, 5.74) is 0. The van der Waals surface area contributed by atoms with Crippen LogP contribution in [-0.4, -0.2) is 18.7 Å². The summed E-state index contributed by atoms with van der Waals surface area (Å²) in [6, 6.07) is 0. The zero-order valence-corrected chi connectivity index (χ0v) is 5.57. The highest BCUT2D eigenvalue weighted by atomic mass is 32.2. The third kappa shape index (κ3) is 5.91. The van der Waals surface area contributed by atoms with Crippen molar-refractivity contribution in [3.05, 3.63) is 0 Å². The normalized spacial score (nSPS) is 11.8. The standard InChI is InChI=1S/C4H10O3S/c1-2-3-4-8(5,6)7/h2-4H2,1H3,(H,5,6,7)/p-1. The Balaban J connectivity index is 3.42. The number of hydrogen-bond donors (Lipinski definition) is 0. The molecule has 0 aromatic rings. The minimum atomic E-state index is -3.94. The molecule has 0 spiro atoms. The van der Waals surface area contributed by atoms with E-state index in [2.05, 4.69) is 0 Å². The second-order valence-electron chi connectivity index (χ2n) is 1.62. The highest BCUT2D eigenvalue weighted by Gasteiger charge is 1.90. The van der Waals surface area contributed by atoms with Crippen molar-refractivity contribution >= 4 is 10.1 Å². The van der Waals surface area contributed by atoms with E-state index in [-0.39, 0.29) is 5.75 Å². The maximum Gasteiger partial charge on any atom is 0.0945 e. The van der Waals surface area contributed by atoms with E-state index in [1.807, 2.05) is 6.92 Å². The Morgan fingerprint density at radius 2 is 2.00 bits per heavy atom. The summed E-state index contributed by atoms with van der Waals surface area (Å²) in [4.78, 5) is 0. The first-order valence-corrected chi connectivity index (χ1v) is 4.07. The monoisotopic (exact) mass is 137 g/mol. The van der Waals surface area contributed by atoms with Gasteiger partial charge in [-0.2, -0.15) is 0 Å².